The van der Waals surface area contributed by atoms with Crippen LogP contribution in [0.3, 0.4) is 0 Å². The second-order valence-corrected chi connectivity index (χ2v) is 4.25. The Morgan fingerprint density at radius 3 is 2.86 bits per heavy atom. The molecule has 1 saturated carbocycles. The average molecular weight is 193 g/mol. The van der Waals surface area contributed by atoms with Crippen molar-refractivity contribution in [3.05, 3.63) is 35.1 Å². The molecule has 0 radical (unpaired) electrons. The predicted molar refractivity (Wildman–Crippen MR) is 55.5 cm³/mol. The number of benzene rings is 1. The molecule has 2 atom stereocenters. The van der Waals surface area contributed by atoms with E-state index in [4.69, 9.17) is 0 Å². The lowest BCUT2D eigenvalue weighted by molar-refractivity contribution is 0.573. The molecule has 1 N–H and O–H groups in total. The zero-order chi connectivity index (χ0) is 10.1. The first-order chi connectivity index (χ1) is 6.68. The van der Waals surface area contributed by atoms with Gasteiger partial charge in [0.15, 0.2) is 0 Å². The fraction of sp³-hybridized carbons (Fsp3) is 0.500. The van der Waals surface area contributed by atoms with Gasteiger partial charge in [-0.1, -0.05) is 25.1 Å². The first-order valence-electron chi connectivity index (χ1n) is 5.16. The number of aryl methyl sites for hydroxylation is 1. The van der Waals surface area contributed by atoms with E-state index in [2.05, 4.69) is 12.2 Å². The van der Waals surface area contributed by atoms with Gasteiger partial charge in [0.2, 0.25) is 0 Å². The molecule has 0 aliphatic heterocycles. The first-order valence-corrected chi connectivity index (χ1v) is 5.16. The van der Waals surface area contributed by atoms with Gasteiger partial charge in [0, 0.05) is 18.2 Å². The van der Waals surface area contributed by atoms with Crippen LogP contribution in [0.5, 0.6) is 0 Å². The highest BCUT2D eigenvalue weighted by molar-refractivity contribution is 5.24. The molecule has 0 heterocycles. The molecule has 0 saturated heterocycles. The van der Waals surface area contributed by atoms with Gasteiger partial charge in [0.25, 0.3) is 0 Å². The first kappa shape index (κ1) is 9.66. The van der Waals surface area contributed by atoms with Crippen LogP contribution < -0.4 is 5.32 Å². The highest BCUT2D eigenvalue weighted by atomic mass is 19.1. The Bertz CT molecular complexity index is 335. The Labute approximate surface area is 84.3 Å². The summed E-state index contributed by atoms with van der Waals surface area (Å²) in [5.74, 6) is 0.705. The number of halogens is 1. The summed E-state index contributed by atoms with van der Waals surface area (Å²) in [7, 11) is 0. The van der Waals surface area contributed by atoms with Crippen LogP contribution >= 0.6 is 0 Å². The third-order valence-corrected chi connectivity index (χ3v) is 2.94. The molecular weight excluding hydrogens is 177 g/mol. The van der Waals surface area contributed by atoms with E-state index >= 15 is 0 Å². The second kappa shape index (κ2) is 3.70. The molecule has 0 bridgehead atoms. The fourth-order valence-electron chi connectivity index (χ4n) is 1.69. The standard InChI is InChI=1S/C12H16FN/c1-8-4-3-5-10(12(8)13)7-14-11-6-9(11)2/h3-5,9,11,14H,6-7H2,1-2H3. The normalized spacial score (nSPS) is 25.1. The average Bonchev–Trinajstić information content (AvgIpc) is 2.85. The summed E-state index contributed by atoms with van der Waals surface area (Å²) in [6.07, 6.45) is 1.23. The van der Waals surface area contributed by atoms with Crippen LogP contribution in [0.4, 0.5) is 4.39 Å². The van der Waals surface area contributed by atoms with Crippen LogP contribution in [-0.2, 0) is 6.54 Å². The van der Waals surface area contributed by atoms with Crippen molar-refractivity contribution < 1.29 is 4.39 Å². The Hall–Kier alpha value is -0.890. The van der Waals surface area contributed by atoms with E-state index in [1.165, 1.54) is 6.42 Å². The molecule has 1 aliphatic rings. The molecule has 0 aromatic heterocycles. The summed E-state index contributed by atoms with van der Waals surface area (Å²) in [6, 6.07) is 6.17. The zero-order valence-corrected chi connectivity index (χ0v) is 8.68. The molecule has 2 heteroatoms. The second-order valence-electron chi connectivity index (χ2n) is 4.25. The maximum Gasteiger partial charge on any atom is 0.130 e. The number of hydrogen-bond donors (Lipinski definition) is 1. The minimum atomic E-state index is -0.0618. The van der Waals surface area contributed by atoms with Crippen LogP contribution in [0.1, 0.15) is 24.5 Å². The molecule has 1 aliphatic carbocycles. The predicted octanol–water partition coefficient (Wildman–Crippen LogP) is 2.63. The summed E-state index contributed by atoms with van der Waals surface area (Å²) in [5, 5.41) is 3.35. The van der Waals surface area contributed by atoms with Crippen molar-refractivity contribution in [2.75, 3.05) is 0 Å². The summed E-state index contributed by atoms with van der Waals surface area (Å²) in [4.78, 5) is 0. The molecule has 2 rings (SSSR count). The third-order valence-electron chi connectivity index (χ3n) is 2.94. The SMILES string of the molecule is Cc1cccc(CNC2CC2C)c1F. The maximum absolute atomic E-state index is 13.5. The van der Waals surface area contributed by atoms with E-state index in [1.807, 2.05) is 12.1 Å². The van der Waals surface area contributed by atoms with Gasteiger partial charge in [0.1, 0.15) is 5.82 Å². The van der Waals surface area contributed by atoms with Crippen molar-refractivity contribution in [1.82, 2.24) is 5.32 Å². The molecule has 1 aromatic carbocycles. The Kier molecular flexibility index (Phi) is 2.55. The fourth-order valence-corrected chi connectivity index (χ4v) is 1.69. The van der Waals surface area contributed by atoms with Crippen molar-refractivity contribution in [2.24, 2.45) is 5.92 Å². The smallest absolute Gasteiger partial charge is 0.130 e. The zero-order valence-electron chi connectivity index (χ0n) is 8.68. The van der Waals surface area contributed by atoms with Crippen LogP contribution in [-0.4, -0.2) is 6.04 Å². The van der Waals surface area contributed by atoms with Crippen LogP contribution in [0.25, 0.3) is 0 Å². The van der Waals surface area contributed by atoms with Gasteiger partial charge in [-0.05, 0) is 24.8 Å². The molecular formula is C12H16FN. The number of nitrogens with one attached hydrogen (secondary N) is 1. The van der Waals surface area contributed by atoms with E-state index in [9.17, 15) is 4.39 Å². The summed E-state index contributed by atoms with van der Waals surface area (Å²) >= 11 is 0. The summed E-state index contributed by atoms with van der Waals surface area (Å²) in [6.45, 7) is 4.67. The monoisotopic (exact) mass is 193 g/mol. The molecule has 0 spiro atoms. The van der Waals surface area contributed by atoms with Crippen molar-refractivity contribution >= 4 is 0 Å². The van der Waals surface area contributed by atoms with E-state index < -0.39 is 0 Å². The topological polar surface area (TPSA) is 12.0 Å². The van der Waals surface area contributed by atoms with Crippen molar-refractivity contribution in [3.63, 3.8) is 0 Å². The Balaban J connectivity index is 1.98. The van der Waals surface area contributed by atoms with E-state index in [1.54, 1.807) is 13.0 Å². The molecule has 1 nitrogen and oxygen atoms in total. The van der Waals surface area contributed by atoms with Crippen molar-refractivity contribution in [1.29, 1.82) is 0 Å². The van der Waals surface area contributed by atoms with Gasteiger partial charge >= 0.3 is 0 Å². The van der Waals surface area contributed by atoms with Gasteiger partial charge in [0.05, 0.1) is 0 Å². The van der Waals surface area contributed by atoms with Gasteiger partial charge in [-0.3, -0.25) is 0 Å². The number of rotatable bonds is 3. The summed E-state index contributed by atoms with van der Waals surface area (Å²) in [5.41, 5.74) is 1.51. The van der Waals surface area contributed by atoms with E-state index in [0.717, 1.165) is 17.0 Å². The summed E-state index contributed by atoms with van der Waals surface area (Å²) < 4.78 is 13.5. The third kappa shape index (κ3) is 1.95. The maximum atomic E-state index is 13.5. The minimum Gasteiger partial charge on any atom is -0.310 e. The highest BCUT2D eigenvalue weighted by Gasteiger charge is 2.31. The quantitative estimate of drug-likeness (QED) is 0.778. The van der Waals surface area contributed by atoms with E-state index in [0.29, 0.717) is 12.6 Å². The van der Waals surface area contributed by atoms with Gasteiger partial charge in [-0.25, -0.2) is 4.39 Å². The Morgan fingerprint density at radius 1 is 1.50 bits per heavy atom. The van der Waals surface area contributed by atoms with Crippen LogP contribution in [0.15, 0.2) is 18.2 Å². The molecule has 76 valence electrons. The minimum absolute atomic E-state index is 0.0618. The molecule has 2 unspecified atom stereocenters. The molecule has 0 amide bonds. The molecule has 1 aromatic rings. The lowest BCUT2D eigenvalue weighted by atomic mass is 10.1. The van der Waals surface area contributed by atoms with Gasteiger partial charge < -0.3 is 5.32 Å². The van der Waals surface area contributed by atoms with E-state index in [-0.39, 0.29) is 5.82 Å². The van der Waals surface area contributed by atoms with Gasteiger partial charge in [-0.15, -0.1) is 0 Å². The Morgan fingerprint density at radius 2 is 2.21 bits per heavy atom. The molecule has 14 heavy (non-hydrogen) atoms. The number of hydrogen-bond acceptors (Lipinski definition) is 1. The molecule has 1 fully saturated rings. The van der Waals surface area contributed by atoms with Gasteiger partial charge in [-0.2, -0.15) is 0 Å². The lowest BCUT2D eigenvalue weighted by Gasteiger charge is -2.06. The van der Waals surface area contributed by atoms with Crippen molar-refractivity contribution in [2.45, 2.75) is 32.9 Å². The lowest BCUT2D eigenvalue weighted by Crippen LogP contribution is -2.18. The largest absolute Gasteiger partial charge is 0.310 e. The van der Waals surface area contributed by atoms with Crippen LogP contribution in [0, 0.1) is 18.7 Å². The van der Waals surface area contributed by atoms with Crippen molar-refractivity contribution in [3.8, 4) is 0 Å². The van der Waals surface area contributed by atoms with Crippen LogP contribution in [0.2, 0.25) is 0 Å². The highest BCUT2D eigenvalue weighted by Crippen LogP contribution is 2.29.